The van der Waals surface area contributed by atoms with Crippen molar-refractivity contribution in [1.29, 1.82) is 0 Å². The van der Waals surface area contributed by atoms with Crippen LogP contribution in [-0.4, -0.2) is 28.4 Å². The number of carbonyl (C=O) groups is 2. The minimum atomic E-state index is -0.814. The molecule has 0 spiro atoms. The van der Waals surface area contributed by atoms with Gasteiger partial charge in [-0.15, -0.1) is 0 Å². The highest BCUT2D eigenvalue weighted by Gasteiger charge is 2.34. The maximum atomic E-state index is 12.6. The average molecular weight is 369 g/mol. The van der Waals surface area contributed by atoms with Gasteiger partial charge >= 0.3 is 12.2 Å². The molecule has 1 aromatic heterocycles. The monoisotopic (exact) mass is 368 g/mol. The predicted octanol–water partition coefficient (Wildman–Crippen LogP) is 5.29. The molecule has 6 nitrogen and oxygen atoms in total. The van der Waals surface area contributed by atoms with E-state index in [9.17, 15) is 9.59 Å². The van der Waals surface area contributed by atoms with Crippen LogP contribution in [0.2, 0.25) is 5.15 Å². The number of aromatic nitrogens is 1. The van der Waals surface area contributed by atoms with Gasteiger partial charge < -0.3 is 9.47 Å². The van der Waals surface area contributed by atoms with E-state index in [1.54, 1.807) is 47.6 Å². The maximum Gasteiger partial charge on any atom is 0.424 e. The van der Waals surface area contributed by atoms with Gasteiger partial charge in [-0.25, -0.2) is 14.6 Å². The highest BCUT2D eigenvalue weighted by Crippen LogP contribution is 2.41. The lowest BCUT2D eigenvalue weighted by Crippen LogP contribution is -2.43. The lowest BCUT2D eigenvalue weighted by Gasteiger charge is -2.28. The van der Waals surface area contributed by atoms with Crippen LogP contribution in [-0.2, 0) is 9.47 Å². The number of imide groups is 1. The van der Waals surface area contributed by atoms with Crippen molar-refractivity contribution in [2.75, 3.05) is 4.90 Å². The largest absolute Gasteiger partial charge is 0.443 e. The van der Waals surface area contributed by atoms with Crippen LogP contribution < -0.4 is 4.90 Å². The fourth-order valence-corrected chi connectivity index (χ4v) is 2.33. The zero-order valence-electron chi connectivity index (χ0n) is 15.6. The Morgan fingerprint density at radius 1 is 1.04 bits per heavy atom. The molecule has 1 heterocycles. The molecule has 0 N–H and O–H groups in total. The summed E-state index contributed by atoms with van der Waals surface area (Å²) < 4.78 is 10.7. The zero-order valence-corrected chi connectivity index (χ0v) is 16.3. The summed E-state index contributed by atoms with van der Waals surface area (Å²) in [5.41, 5.74) is -0.453. The molecule has 0 unspecified atom stereocenters. The van der Waals surface area contributed by atoms with Gasteiger partial charge in [0.1, 0.15) is 16.4 Å². The van der Waals surface area contributed by atoms with E-state index >= 15 is 0 Å². The third kappa shape index (κ3) is 5.88. The third-order valence-electron chi connectivity index (χ3n) is 3.20. The van der Waals surface area contributed by atoms with E-state index in [-0.39, 0.29) is 5.15 Å². The first-order valence-electron chi connectivity index (χ1n) is 8.29. The Bertz CT molecular complexity index is 645. The average Bonchev–Trinajstić information content (AvgIpc) is 3.17. The number of anilines is 1. The van der Waals surface area contributed by atoms with Crippen LogP contribution in [0.15, 0.2) is 12.1 Å². The maximum absolute atomic E-state index is 12.6. The van der Waals surface area contributed by atoms with Crippen LogP contribution in [0.1, 0.15) is 66.0 Å². The molecule has 0 aliphatic heterocycles. The smallest absolute Gasteiger partial charge is 0.424 e. The fraction of sp³-hybridized carbons (Fsp3) is 0.611. The first-order chi connectivity index (χ1) is 11.4. The standard InChI is InChI=1S/C18H25ClN2O4/c1-17(2,3)24-15(22)21(16(23)25-18(4,5)6)12-9-13(11-7-8-11)20-14(19)10-12/h9-11H,7-8H2,1-6H3. The van der Waals surface area contributed by atoms with E-state index in [1.807, 2.05) is 0 Å². The van der Waals surface area contributed by atoms with Gasteiger partial charge in [-0.05, 0) is 60.5 Å². The number of carbonyl (C=O) groups excluding carboxylic acids is 2. The summed E-state index contributed by atoms with van der Waals surface area (Å²) in [6.45, 7) is 10.4. The number of ether oxygens (including phenoxy) is 2. The topological polar surface area (TPSA) is 68.7 Å². The molecule has 2 rings (SSSR count). The van der Waals surface area contributed by atoms with Crippen molar-refractivity contribution in [3.8, 4) is 0 Å². The first kappa shape index (κ1) is 19.5. The van der Waals surface area contributed by atoms with Crippen molar-refractivity contribution in [3.05, 3.63) is 23.0 Å². The quantitative estimate of drug-likeness (QED) is 0.663. The predicted molar refractivity (Wildman–Crippen MR) is 96.2 cm³/mol. The van der Waals surface area contributed by atoms with E-state index in [1.165, 1.54) is 6.07 Å². The van der Waals surface area contributed by atoms with Crippen LogP contribution in [0.4, 0.5) is 15.3 Å². The molecule has 0 atom stereocenters. The molecule has 25 heavy (non-hydrogen) atoms. The molecule has 138 valence electrons. The summed E-state index contributed by atoms with van der Waals surface area (Å²) in [4.78, 5) is 30.4. The van der Waals surface area contributed by atoms with Crippen LogP contribution in [0, 0.1) is 0 Å². The molecule has 0 aromatic carbocycles. The molecule has 1 aromatic rings. The fourth-order valence-electron chi connectivity index (χ4n) is 2.12. The molecular weight excluding hydrogens is 344 g/mol. The van der Waals surface area contributed by atoms with Crippen molar-refractivity contribution < 1.29 is 19.1 Å². The number of halogens is 1. The number of nitrogens with zero attached hydrogens (tertiary/aromatic N) is 2. The second kappa shape index (κ2) is 6.83. The van der Waals surface area contributed by atoms with Gasteiger partial charge in [0, 0.05) is 17.7 Å². The number of amides is 2. The van der Waals surface area contributed by atoms with Gasteiger partial charge in [-0.1, -0.05) is 11.6 Å². The zero-order chi connectivity index (χ0) is 19.0. The number of rotatable bonds is 2. The minimum absolute atomic E-state index is 0.219. The summed E-state index contributed by atoms with van der Waals surface area (Å²) in [7, 11) is 0. The number of hydrogen-bond donors (Lipinski definition) is 0. The second-order valence-electron chi connectivity index (χ2n) is 8.14. The molecule has 0 radical (unpaired) electrons. The lowest BCUT2D eigenvalue weighted by atomic mass is 10.2. The van der Waals surface area contributed by atoms with Crippen molar-refractivity contribution in [2.24, 2.45) is 0 Å². The second-order valence-corrected chi connectivity index (χ2v) is 8.53. The Morgan fingerprint density at radius 2 is 1.52 bits per heavy atom. The van der Waals surface area contributed by atoms with Gasteiger partial charge in [0.25, 0.3) is 0 Å². The molecule has 1 saturated carbocycles. The Hall–Kier alpha value is -1.82. The summed E-state index contributed by atoms with van der Waals surface area (Å²) in [5, 5.41) is 0.219. The number of pyridine rings is 1. The summed E-state index contributed by atoms with van der Waals surface area (Å²) in [6.07, 6.45) is 0.411. The van der Waals surface area contributed by atoms with Gasteiger partial charge in [0.05, 0.1) is 5.69 Å². The van der Waals surface area contributed by atoms with Crippen LogP contribution in [0.3, 0.4) is 0 Å². The van der Waals surface area contributed by atoms with Gasteiger partial charge in [0.2, 0.25) is 0 Å². The van der Waals surface area contributed by atoms with E-state index < -0.39 is 23.4 Å². The van der Waals surface area contributed by atoms with Crippen LogP contribution >= 0.6 is 11.6 Å². The van der Waals surface area contributed by atoms with E-state index in [4.69, 9.17) is 21.1 Å². The van der Waals surface area contributed by atoms with Crippen molar-refractivity contribution in [1.82, 2.24) is 4.98 Å². The summed E-state index contributed by atoms with van der Waals surface area (Å²) in [5.74, 6) is 0.316. The van der Waals surface area contributed by atoms with Gasteiger partial charge in [-0.3, -0.25) is 0 Å². The van der Waals surface area contributed by atoms with Crippen molar-refractivity contribution in [2.45, 2.75) is 71.5 Å². The van der Waals surface area contributed by atoms with E-state index in [0.29, 0.717) is 11.6 Å². The SMILES string of the molecule is CC(C)(C)OC(=O)N(C(=O)OC(C)(C)C)c1cc(Cl)nc(C2CC2)c1. The van der Waals surface area contributed by atoms with E-state index in [0.717, 1.165) is 23.4 Å². The Labute approximate surface area is 153 Å². The molecule has 7 heteroatoms. The van der Waals surface area contributed by atoms with Crippen molar-refractivity contribution >= 4 is 29.5 Å². The van der Waals surface area contributed by atoms with Gasteiger partial charge in [0.15, 0.2) is 0 Å². The third-order valence-corrected chi connectivity index (χ3v) is 3.40. The van der Waals surface area contributed by atoms with Crippen LogP contribution in [0.5, 0.6) is 0 Å². The first-order valence-corrected chi connectivity index (χ1v) is 8.67. The molecular formula is C18H25ClN2O4. The Morgan fingerprint density at radius 3 is 1.92 bits per heavy atom. The lowest BCUT2D eigenvalue weighted by molar-refractivity contribution is 0.0431. The minimum Gasteiger partial charge on any atom is -0.443 e. The normalized spacial score (nSPS) is 14.8. The molecule has 1 aliphatic carbocycles. The summed E-state index contributed by atoms with van der Waals surface area (Å²) >= 11 is 6.10. The van der Waals surface area contributed by atoms with Crippen molar-refractivity contribution in [3.63, 3.8) is 0 Å². The molecule has 0 bridgehead atoms. The van der Waals surface area contributed by atoms with Gasteiger partial charge in [-0.2, -0.15) is 4.90 Å². The molecule has 2 amide bonds. The molecule has 1 fully saturated rings. The van der Waals surface area contributed by atoms with Crippen LogP contribution in [0.25, 0.3) is 0 Å². The highest BCUT2D eigenvalue weighted by atomic mass is 35.5. The molecule has 1 aliphatic rings. The molecule has 0 saturated heterocycles. The number of hydrogen-bond acceptors (Lipinski definition) is 5. The van der Waals surface area contributed by atoms with E-state index in [2.05, 4.69) is 4.98 Å². The Kier molecular flexibility index (Phi) is 5.33. The summed E-state index contributed by atoms with van der Waals surface area (Å²) in [6, 6.07) is 3.15. The highest BCUT2D eigenvalue weighted by molar-refractivity contribution is 6.30. The Balaban J connectivity index is 2.40.